The van der Waals surface area contributed by atoms with Crippen LogP contribution in [0.2, 0.25) is 5.02 Å². The summed E-state index contributed by atoms with van der Waals surface area (Å²) in [6.07, 6.45) is -0.906. The zero-order chi connectivity index (χ0) is 27.8. The number of carbonyl (C=O) groups excluding carboxylic acids is 1. The fourth-order valence-corrected chi connectivity index (χ4v) is 4.67. The summed E-state index contributed by atoms with van der Waals surface area (Å²) in [5.41, 5.74) is -0.269. The standard InChI is InChI=1S/C26H30ClF2N3O6/c1-25(2,3)38-23(36)17-12-15(33)13-32(17)22-21-20(16-9-8-14(27)11-18(16)37-21)30-24(31-22)26(28,29)10-6-4-5-7-19(34)35/h8-9,11,15,17,33H,4-7,10,12-13H2,1-3H3,(H,34,35)/t15-,17-/m0/s1. The van der Waals surface area contributed by atoms with Crippen molar-refractivity contribution in [2.24, 2.45) is 0 Å². The van der Waals surface area contributed by atoms with Gasteiger partial charge in [0.05, 0.1) is 6.10 Å². The SMILES string of the molecule is CC(C)(C)OC(=O)[C@@H]1C[C@H](O)CN1c1nc(C(F)(F)CCCCCC(=O)O)nc2c1oc1cc(Cl)ccc12. The number of aromatic nitrogens is 2. The van der Waals surface area contributed by atoms with Crippen molar-refractivity contribution in [1.29, 1.82) is 0 Å². The zero-order valence-electron chi connectivity index (χ0n) is 21.3. The van der Waals surface area contributed by atoms with Gasteiger partial charge >= 0.3 is 17.9 Å². The molecule has 4 rings (SSSR count). The number of halogens is 3. The van der Waals surface area contributed by atoms with Crippen LogP contribution < -0.4 is 4.90 Å². The summed E-state index contributed by atoms with van der Waals surface area (Å²) < 4.78 is 42.3. The van der Waals surface area contributed by atoms with E-state index in [9.17, 15) is 14.7 Å². The van der Waals surface area contributed by atoms with Gasteiger partial charge in [-0.3, -0.25) is 4.79 Å². The van der Waals surface area contributed by atoms with Crippen molar-refractivity contribution in [2.45, 2.75) is 83.0 Å². The molecule has 1 saturated heterocycles. The van der Waals surface area contributed by atoms with Crippen molar-refractivity contribution in [3.8, 4) is 0 Å². The number of benzene rings is 1. The van der Waals surface area contributed by atoms with Gasteiger partial charge in [-0.25, -0.2) is 14.8 Å². The van der Waals surface area contributed by atoms with Crippen LogP contribution in [0.3, 0.4) is 0 Å². The lowest BCUT2D eigenvalue weighted by Gasteiger charge is -2.28. The Labute approximate surface area is 222 Å². The maximum Gasteiger partial charge on any atom is 0.329 e. The van der Waals surface area contributed by atoms with Gasteiger partial charge in [0, 0.05) is 42.3 Å². The van der Waals surface area contributed by atoms with Crippen LogP contribution in [0.4, 0.5) is 14.6 Å². The number of carbonyl (C=O) groups is 2. The number of β-amino-alcohol motifs (C(OH)–C–C–N with tert-alkyl or cyclic N) is 1. The molecule has 0 spiro atoms. The highest BCUT2D eigenvalue weighted by Gasteiger charge is 2.43. The van der Waals surface area contributed by atoms with Crippen LogP contribution in [-0.2, 0) is 20.2 Å². The molecule has 2 N–H and O–H groups in total. The number of aliphatic hydroxyl groups is 1. The van der Waals surface area contributed by atoms with Crippen LogP contribution in [0, 0.1) is 0 Å². The van der Waals surface area contributed by atoms with Crippen LogP contribution in [0.15, 0.2) is 22.6 Å². The number of esters is 1. The number of hydrogen-bond acceptors (Lipinski definition) is 8. The van der Waals surface area contributed by atoms with Crippen LogP contribution in [0.1, 0.15) is 65.1 Å². The highest BCUT2D eigenvalue weighted by molar-refractivity contribution is 6.31. The molecule has 2 aromatic heterocycles. The number of anilines is 1. The average molecular weight is 554 g/mol. The normalized spacial score (nSPS) is 18.4. The van der Waals surface area contributed by atoms with E-state index >= 15 is 8.78 Å². The molecule has 0 saturated carbocycles. The van der Waals surface area contributed by atoms with Gasteiger partial charge in [0.1, 0.15) is 22.7 Å². The van der Waals surface area contributed by atoms with E-state index in [1.165, 1.54) is 11.0 Å². The van der Waals surface area contributed by atoms with Crippen molar-refractivity contribution >= 4 is 51.4 Å². The van der Waals surface area contributed by atoms with Crippen molar-refractivity contribution in [3.05, 3.63) is 29.0 Å². The molecular weight excluding hydrogens is 524 g/mol. The van der Waals surface area contributed by atoms with Gasteiger partial charge in [0.15, 0.2) is 11.4 Å². The molecular formula is C26H30ClF2N3O6. The second kappa shape index (κ2) is 10.6. The minimum Gasteiger partial charge on any atom is -0.481 e. The molecule has 1 fully saturated rings. The summed E-state index contributed by atoms with van der Waals surface area (Å²) in [7, 11) is 0. The molecule has 9 nitrogen and oxygen atoms in total. The highest BCUT2D eigenvalue weighted by Crippen LogP contribution is 2.40. The molecule has 1 aromatic carbocycles. The Hall–Kier alpha value is -3.05. The summed E-state index contributed by atoms with van der Waals surface area (Å²) in [5.74, 6) is -5.83. The summed E-state index contributed by atoms with van der Waals surface area (Å²) >= 11 is 6.11. The number of alkyl halides is 2. The number of ether oxygens (including phenoxy) is 1. The number of aliphatic carboxylic acids is 1. The fraction of sp³-hybridized carbons (Fsp3) is 0.538. The first-order valence-corrected chi connectivity index (χ1v) is 12.8. The van der Waals surface area contributed by atoms with E-state index in [2.05, 4.69) is 9.97 Å². The average Bonchev–Trinajstić information content (AvgIpc) is 3.36. The molecule has 1 aliphatic rings. The zero-order valence-corrected chi connectivity index (χ0v) is 22.1. The Morgan fingerprint density at radius 1 is 1.21 bits per heavy atom. The van der Waals surface area contributed by atoms with Gasteiger partial charge in [-0.1, -0.05) is 18.0 Å². The van der Waals surface area contributed by atoms with Gasteiger partial charge in [-0.05, 0) is 45.7 Å². The number of hydrogen-bond donors (Lipinski definition) is 2. The Bertz CT molecular complexity index is 1360. The van der Waals surface area contributed by atoms with Gasteiger partial charge in [0.2, 0.25) is 5.82 Å². The first-order valence-electron chi connectivity index (χ1n) is 12.4. The molecule has 0 aliphatic carbocycles. The number of rotatable bonds is 9. The minimum absolute atomic E-state index is 0.0295. The number of fused-ring (bicyclic) bond motifs is 3. The lowest BCUT2D eigenvalue weighted by Crippen LogP contribution is -2.41. The molecule has 38 heavy (non-hydrogen) atoms. The second-order valence-corrected chi connectivity index (χ2v) is 11.0. The van der Waals surface area contributed by atoms with Crippen molar-refractivity contribution in [3.63, 3.8) is 0 Å². The predicted octanol–water partition coefficient (Wildman–Crippen LogP) is 5.44. The molecule has 3 heterocycles. The molecule has 3 aromatic rings. The first-order chi connectivity index (χ1) is 17.7. The van der Waals surface area contributed by atoms with Crippen molar-refractivity contribution in [1.82, 2.24) is 9.97 Å². The molecule has 206 valence electrons. The van der Waals surface area contributed by atoms with E-state index < -0.39 is 47.9 Å². The number of carboxylic acid groups (broad SMARTS) is 1. The van der Waals surface area contributed by atoms with E-state index in [4.69, 9.17) is 25.9 Å². The summed E-state index contributed by atoms with van der Waals surface area (Å²) in [4.78, 5) is 33.5. The Kier molecular flexibility index (Phi) is 7.81. The number of nitrogens with zero attached hydrogens (tertiary/aromatic N) is 3. The maximum atomic E-state index is 15.4. The van der Waals surface area contributed by atoms with Crippen molar-refractivity contribution < 1.29 is 37.7 Å². The first kappa shape index (κ1) is 28.0. The number of furan rings is 1. The molecule has 0 amide bonds. The van der Waals surface area contributed by atoms with Gasteiger partial charge in [-0.2, -0.15) is 8.78 Å². The van der Waals surface area contributed by atoms with Gasteiger partial charge in [0.25, 0.3) is 0 Å². The van der Waals surface area contributed by atoms with Crippen LogP contribution in [-0.4, -0.2) is 56.4 Å². The predicted molar refractivity (Wildman–Crippen MR) is 137 cm³/mol. The molecule has 12 heteroatoms. The molecule has 1 aliphatic heterocycles. The quantitative estimate of drug-likeness (QED) is 0.263. The van der Waals surface area contributed by atoms with E-state index in [1.54, 1.807) is 32.9 Å². The third-order valence-electron chi connectivity index (χ3n) is 6.20. The van der Waals surface area contributed by atoms with Gasteiger partial charge in [-0.15, -0.1) is 0 Å². The largest absolute Gasteiger partial charge is 0.481 e. The highest BCUT2D eigenvalue weighted by atomic mass is 35.5. The van der Waals surface area contributed by atoms with E-state index in [1.807, 2.05) is 0 Å². The lowest BCUT2D eigenvalue weighted by molar-refractivity contribution is -0.156. The summed E-state index contributed by atoms with van der Waals surface area (Å²) in [5, 5.41) is 20.0. The third kappa shape index (κ3) is 6.15. The number of unbranched alkanes of at least 4 members (excludes halogenated alkanes) is 2. The number of aliphatic hydroxyl groups excluding tert-OH is 1. The lowest BCUT2D eigenvalue weighted by atomic mass is 10.1. The Morgan fingerprint density at radius 3 is 2.63 bits per heavy atom. The molecule has 0 bridgehead atoms. The molecule has 2 atom stereocenters. The van der Waals surface area contributed by atoms with Crippen LogP contribution >= 0.6 is 11.6 Å². The second-order valence-electron chi connectivity index (χ2n) is 10.5. The molecule has 0 unspecified atom stereocenters. The van der Waals surface area contributed by atoms with Crippen LogP contribution in [0.25, 0.3) is 22.1 Å². The Morgan fingerprint density at radius 2 is 1.95 bits per heavy atom. The third-order valence-corrected chi connectivity index (χ3v) is 6.43. The summed E-state index contributed by atoms with van der Waals surface area (Å²) in [6.45, 7) is 5.08. The summed E-state index contributed by atoms with van der Waals surface area (Å²) in [6, 6.07) is 3.76. The fourth-order valence-electron chi connectivity index (χ4n) is 4.51. The Balaban J connectivity index is 1.77. The van der Waals surface area contributed by atoms with E-state index in [0.29, 0.717) is 22.4 Å². The van der Waals surface area contributed by atoms with E-state index in [-0.39, 0.29) is 49.1 Å². The monoisotopic (exact) mass is 553 g/mol. The molecule has 0 radical (unpaired) electrons. The van der Waals surface area contributed by atoms with Crippen molar-refractivity contribution in [2.75, 3.05) is 11.4 Å². The topological polar surface area (TPSA) is 126 Å². The van der Waals surface area contributed by atoms with E-state index in [0.717, 1.165) is 0 Å². The van der Waals surface area contributed by atoms with Gasteiger partial charge < -0.3 is 24.3 Å². The smallest absolute Gasteiger partial charge is 0.329 e. The minimum atomic E-state index is -3.44. The maximum absolute atomic E-state index is 15.4. The van der Waals surface area contributed by atoms with Crippen LogP contribution in [0.5, 0.6) is 0 Å². The number of carboxylic acids is 1.